The molecule has 0 radical (unpaired) electrons. The van der Waals surface area contributed by atoms with Crippen LogP contribution in [0, 0.1) is 0 Å². The van der Waals surface area contributed by atoms with Gasteiger partial charge in [0.05, 0.1) is 6.54 Å². The molecule has 6 heteroatoms. The fourth-order valence-corrected chi connectivity index (χ4v) is 2.19. The molecule has 0 aromatic heterocycles. The number of hydrogen-bond donors (Lipinski definition) is 3. The van der Waals surface area contributed by atoms with Crippen molar-refractivity contribution in [1.82, 2.24) is 5.32 Å². The van der Waals surface area contributed by atoms with Crippen LogP contribution in [0.15, 0.2) is 48.5 Å². The van der Waals surface area contributed by atoms with Crippen molar-refractivity contribution in [2.45, 2.75) is 13.5 Å². The van der Waals surface area contributed by atoms with Crippen molar-refractivity contribution in [2.24, 2.45) is 0 Å². The number of amides is 2. The minimum atomic E-state index is -0.144. The summed E-state index contributed by atoms with van der Waals surface area (Å²) in [5.74, 6) is -0.283. The highest BCUT2D eigenvalue weighted by Crippen LogP contribution is 2.15. The fourth-order valence-electron chi connectivity index (χ4n) is 1.99. The van der Waals surface area contributed by atoms with Gasteiger partial charge in [-0.25, -0.2) is 0 Å². The molecule has 0 spiro atoms. The monoisotopic (exact) mass is 331 g/mol. The van der Waals surface area contributed by atoms with Crippen LogP contribution in [0.25, 0.3) is 0 Å². The summed E-state index contributed by atoms with van der Waals surface area (Å²) in [5.41, 5.74) is 2.30. The lowest BCUT2D eigenvalue weighted by Crippen LogP contribution is -2.29. The summed E-state index contributed by atoms with van der Waals surface area (Å²) in [4.78, 5) is 22.9. The number of halogens is 1. The van der Waals surface area contributed by atoms with Crippen LogP contribution < -0.4 is 16.0 Å². The predicted molar refractivity (Wildman–Crippen MR) is 92.5 cm³/mol. The number of carbonyl (C=O) groups is 2. The fraction of sp³-hybridized carbons (Fsp3) is 0.176. The van der Waals surface area contributed by atoms with Gasteiger partial charge in [0.2, 0.25) is 11.8 Å². The molecule has 0 aliphatic carbocycles. The molecule has 2 amide bonds. The van der Waals surface area contributed by atoms with E-state index in [4.69, 9.17) is 11.6 Å². The third-order valence-corrected chi connectivity index (χ3v) is 3.44. The SMILES string of the molecule is CC(=O)Nc1cccc(NCC(=O)NCc2ccccc2Cl)c1. The Hall–Kier alpha value is -2.53. The van der Waals surface area contributed by atoms with Crippen molar-refractivity contribution in [3.63, 3.8) is 0 Å². The van der Waals surface area contributed by atoms with Gasteiger partial charge in [-0.15, -0.1) is 0 Å². The number of hydrogen-bond acceptors (Lipinski definition) is 3. The molecule has 0 unspecified atom stereocenters. The van der Waals surface area contributed by atoms with Gasteiger partial charge in [0.1, 0.15) is 0 Å². The van der Waals surface area contributed by atoms with Crippen LogP contribution in [0.1, 0.15) is 12.5 Å². The first-order valence-electron chi connectivity index (χ1n) is 7.16. The van der Waals surface area contributed by atoms with E-state index in [1.807, 2.05) is 24.3 Å². The van der Waals surface area contributed by atoms with E-state index in [2.05, 4.69) is 16.0 Å². The standard InChI is InChI=1S/C17H18ClN3O2/c1-12(22)21-15-7-4-6-14(9-15)19-11-17(23)20-10-13-5-2-3-8-16(13)18/h2-9,19H,10-11H2,1H3,(H,20,23)(H,21,22). The van der Waals surface area contributed by atoms with Crippen LogP contribution in [0.3, 0.4) is 0 Å². The lowest BCUT2D eigenvalue weighted by molar-refractivity contribution is -0.119. The van der Waals surface area contributed by atoms with Crippen molar-refractivity contribution in [1.29, 1.82) is 0 Å². The number of anilines is 2. The number of nitrogens with one attached hydrogen (secondary N) is 3. The van der Waals surface area contributed by atoms with Gasteiger partial charge in [0, 0.05) is 29.9 Å². The largest absolute Gasteiger partial charge is 0.376 e. The summed E-state index contributed by atoms with van der Waals surface area (Å²) >= 11 is 6.04. The molecule has 23 heavy (non-hydrogen) atoms. The zero-order valence-electron chi connectivity index (χ0n) is 12.7. The molecule has 2 aromatic rings. The highest BCUT2D eigenvalue weighted by atomic mass is 35.5. The summed E-state index contributed by atoms with van der Waals surface area (Å²) in [6, 6.07) is 14.5. The minimum Gasteiger partial charge on any atom is -0.376 e. The quantitative estimate of drug-likeness (QED) is 0.762. The van der Waals surface area contributed by atoms with Crippen LogP contribution >= 0.6 is 11.6 Å². The first-order chi connectivity index (χ1) is 11.0. The summed E-state index contributed by atoms with van der Waals surface area (Å²) in [5, 5.41) is 9.13. The Kier molecular flexibility index (Phi) is 6.00. The number of carbonyl (C=O) groups excluding carboxylic acids is 2. The Morgan fingerprint density at radius 2 is 1.78 bits per heavy atom. The van der Waals surface area contributed by atoms with Crippen LogP contribution in [0.4, 0.5) is 11.4 Å². The Morgan fingerprint density at radius 3 is 2.52 bits per heavy atom. The molecule has 0 saturated heterocycles. The third-order valence-electron chi connectivity index (χ3n) is 3.07. The zero-order chi connectivity index (χ0) is 16.7. The topological polar surface area (TPSA) is 70.2 Å². The van der Waals surface area contributed by atoms with Gasteiger partial charge in [-0.3, -0.25) is 9.59 Å². The summed E-state index contributed by atoms with van der Waals surface area (Å²) in [6.45, 7) is 1.96. The second kappa shape index (κ2) is 8.19. The smallest absolute Gasteiger partial charge is 0.239 e. The molecular weight excluding hydrogens is 314 g/mol. The van der Waals surface area contributed by atoms with E-state index < -0.39 is 0 Å². The van der Waals surface area contributed by atoms with Crippen molar-refractivity contribution in [2.75, 3.05) is 17.2 Å². The van der Waals surface area contributed by atoms with Crippen molar-refractivity contribution < 1.29 is 9.59 Å². The maximum absolute atomic E-state index is 11.9. The Bertz CT molecular complexity index is 704. The molecule has 0 heterocycles. The molecule has 0 fully saturated rings. The molecule has 0 bridgehead atoms. The maximum atomic E-state index is 11.9. The maximum Gasteiger partial charge on any atom is 0.239 e. The van der Waals surface area contributed by atoms with Gasteiger partial charge in [0.25, 0.3) is 0 Å². The third kappa shape index (κ3) is 5.64. The molecule has 3 N–H and O–H groups in total. The molecule has 5 nitrogen and oxygen atoms in total. The van der Waals surface area contributed by atoms with E-state index in [0.717, 1.165) is 11.3 Å². The molecular formula is C17H18ClN3O2. The first kappa shape index (κ1) is 16.8. The first-order valence-corrected chi connectivity index (χ1v) is 7.54. The summed E-state index contributed by atoms with van der Waals surface area (Å²) < 4.78 is 0. The van der Waals surface area contributed by atoms with Gasteiger partial charge >= 0.3 is 0 Å². The lowest BCUT2D eigenvalue weighted by Gasteiger charge is -2.10. The Morgan fingerprint density at radius 1 is 1.04 bits per heavy atom. The van der Waals surface area contributed by atoms with E-state index in [1.54, 1.807) is 24.3 Å². The summed E-state index contributed by atoms with van der Waals surface area (Å²) in [7, 11) is 0. The van der Waals surface area contributed by atoms with Crippen molar-refractivity contribution in [3.8, 4) is 0 Å². The molecule has 0 saturated carbocycles. The van der Waals surface area contributed by atoms with Crippen LogP contribution in [0.5, 0.6) is 0 Å². The average molecular weight is 332 g/mol. The van der Waals surface area contributed by atoms with Crippen molar-refractivity contribution in [3.05, 3.63) is 59.1 Å². The van der Waals surface area contributed by atoms with Gasteiger partial charge < -0.3 is 16.0 Å². The second-order valence-corrected chi connectivity index (χ2v) is 5.39. The highest BCUT2D eigenvalue weighted by molar-refractivity contribution is 6.31. The summed E-state index contributed by atoms with van der Waals surface area (Å²) in [6.07, 6.45) is 0. The van der Waals surface area contributed by atoms with E-state index in [9.17, 15) is 9.59 Å². The van der Waals surface area contributed by atoms with Gasteiger partial charge in [-0.05, 0) is 29.8 Å². The van der Waals surface area contributed by atoms with Crippen molar-refractivity contribution >= 4 is 34.8 Å². The van der Waals surface area contributed by atoms with E-state index in [-0.39, 0.29) is 18.4 Å². The molecule has 2 rings (SSSR count). The molecule has 120 valence electrons. The van der Waals surface area contributed by atoms with Gasteiger partial charge in [0.15, 0.2) is 0 Å². The number of rotatable bonds is 6. The Labute approximate surface area is 140 Å². The second-order valence-electron chi connectivity index (χ2n) is 4.98. The lowest BCUT2D eigenvalue weighted by atomic mass is 10.2. The molecule has 0 aliphatic heterocycles. The molecule has 0 atom stereocenters. The van der Waals surface area contributed by atoms with Gasteiger partial charge in [-0.1, -0.05) is 35.9 Å². The molecule has 2 aromatic carbocycles. The zero-order valence-corrected chi connectivity index (χ0v) is 13.5. The Balaban J connectivity index is 1.82. The van der Waals surface area contributed by atoms with E-state index in [0.29, 0.717) is 17.3 Å². The molecule has 0 aliphatic rings. The van der Waals surface area contributed by atoms with E-state index in [1.165, 1.54) is 6.92 Å². The average Bonchev–Trinajstić information content (AvgIpc) is 2.52. The predicted octanol–water partition coefficient (Wildman–Crippen LogP) is 3.03. The van der Waals surface area contributed by atoms with Gasteiger partial charge in [-0.2, -0.15) is 0 Å². The van der Waals surface area contributed by atoms with Crippen LogP contribution in [0.2, 0.25) is 5.02 Å². The van der Waals surface area contributed by atoms with E-state index >= 15 is 0 Å². The minimum absolute atomic E-state index is 0.133. The normalized spacial score (nSPS) is 10.0. The van der Waals surface area contributed by atoms with Crippen LogP contribution in [-0.2, 0) is 16.1 Å². The number of benzene rings is 2. The highest BCUT2D eigenvalue weighted by Gasteiger charge is 2.04. The van der Waals surface area contributed by atoms with Crippen LogP contribution in [-0.4, -0.2) is 18.4 Å².